The summed E-state index contributed by atoms with van der Waals surface area (Å²) in [6, 6.07) is 3.59. The van der Waals surface area contributed by atoms with E-state index in [1.165, 1.54) is 0 Å². The van der Waals surface area contributed by atoms with Gasteiger partial charge in [0.05, 0.1) is 13.7 Å². The number of aromatic nitrogens is 1. The fourth-order valence-corrected chi connectivity index (χ4v) is 0.748. The number of methoxy groups -OCH3 is 1. The normalized spacial score (nSPS) is 8.83. The summed E-state index contributed by atoms with van der Waals surface area (Å²) in [5.41, 5.74) is 0.944. The molecule has 0 saturated carbocycles. The van der Waals surface area contributed by atoms with E-state index in [0.29, 0.717) is 12.5 Å². The Morgan fingerprint density at radius 2 is 2.33 bits per heavy atom. The fraction of sp³-hybridized carbons (Fsp3) is 0.286. The molecule has 0 fully saturated rings. The lowest BCUT2D eigenvalue weighted by molar-refractivity contribution is 0.124. The van der Waals surface area contributed by atoms with Gasteiger partial charge in [-0.3, -0.25) is 4.84 Å². The summed E-state index contributed by atoms with van der Waals surface area (Å²) in [4.78, 5) is 8.37. The summed E-state index contributed by atoms with van der Waals surface area (Å²) in [5.74, 6) is 5.46. The van der Waals surface area contributed by atoms with Gasteiger partial charge in [0.25, 0.3) is 0 Å². The Morgan fingerprint density at radius 3 is 2.92 bits per heavy atom. The van der Waals surface area contributed by atoms with Gasteiger partial charge < -0.3 is 4.74 Å². The van der Waals surface area contributed by atoms with Crippen LogP contribution in [-0.2, 0) is 11.4 Å². The molecule has 0 aliphatic carbocycles. The van der Waals surface area contributed by atoms with Crippen molar-refractivity contribution in [1.82, 2.24) is 4.98 Å². The molecule has 1 aromatic rings. The van der Waals surface area contributed by atoms with Crippen LogP contribution in [-0.4, -0.2) is 12.1 Å². The second-order valence-electron chi connectivity index (χ2n) is 2.02. The van der Waals surface area contributed by atoms with Crippen molar-refractivity contribution in [1.29, 1.82) is 0 Å². The topological polar surface area (TPSA) is 57.4 Å². The van der Waals surface area contributed by atoms with Crippen molar-refractivity contribution in [2.24, 2.45) is 5.90 Å². The first kappa shape index (κ1) is 11.2. The Hall–Kier alpha value is -0.840. The summed E-state index contributed by atoms with van der Waals surface area (Å²) in [6.45, 7) is 0.374. The molecule has 0 radical (unpaired) electrons. The lowest BCUT2D eigenvalue weighted by Gasteiger charge is -2.00. The predicted octanol–water partition coefficient (Wildman–Crippen LogP) is 0.902. The lowest BCUT2D eigenvalue weighted by atomic mass is 10.3. The second kappa shape index (κ2) is 5.77. The van der Waals surface area contributed by atoms with Crippen molar-refractivity contribution < 1.29 is 9.57 Å². The maximum absolute atomic E-state index is 4.89. The van der Waals surface area contributed by atoms with Gasteiger partial charge in [0.15, 0.2) is 0 Å². The van der Waals surface area contributed by atoms with Crippen molar-refractivity contribution in [3.63, 3.8) is 0 Å². The van der Waals surface area contributed by atoms with Gasteiger partial charge in [-0.25, -0.2) is 10.9 Å². The highest BCUT2D eigenvalue weighted by Crippen LogP contribution is 2.08. The first-order valence-corrected chi connectivity index (χ1v) is 3.17. The minimum absolute atomic E-state index is 0. The third-order valence-electron chi connectivity index (χ3n) is 1.26. The van der Waals surface area contributed by atoms with E-state index < -0.39 is 0 Å². The maximum Gasteiger partial charge on any atom is 0.213 e. The number of hydrogen-bond acceptors (Lipinski definition) is 4. The molecule has 0 atom stereocenters. The van der Waals surface area contributed by atoms with Gasteiger partial charge in [0.2, 0.25) is 5.88 Å². The van der Waals surface area contributed by atoms with Gasteiger partial charge in [-0.15, -0.1) is 12.4 Å². The molecule has 0 saturated heterocycles. The Morgan fingerprint density at radius 1 is 1.58 bits per heavy atom. The van der Waals surface area contributed by atoms with Crippen molar-refractivity contribution in [2.45, 2.75) is 6.61 Å². The molecule has 12 heavy (non-hydrogen) atoms. The van der Waals surface area contributed by atoms with Gasteiger partial charge >= 0.3 is 0 Å². The third kappa shape index (κ3) is 3.04. The summed E-state index contributed by atoms with van der Waals surface area (Å²) < 4.78 is 4.89. The van der Waals surface area contributed by atoms with Crippen molar-refractivity contribution >= 4 is 12.4 Å². The van der Waals surface area contributed by atoms with Gasteiger partial charge in [0, 0.05) is 12.3 Å². The molecule has 0 bridgehead atoms. The highest BCUT2D eigenvalue weighted by Gasteiger charge is 1.94. The molecule has 0 amide bonds. The molecule has 4 nitrogen and oxygen atoms in total. The largest absolute Gasteiger partial charge is 0.481 e. The summed E-state index contributed by atoms with van der Waals surface area (Å²) in [5, 5.41) is 0. The molecule has 2 N–H and O–H groups in total. The molecular weight excluding hydrogens is 180 g/mol. The number of hydrogen-bond donors (Lipinski definition) is 1. The maximum atomic E-state index is 4.89. The number of pyridine rings is 1. The van der Waals surface area contributed by atoms with E-state index in [4.69, 9.17) is 10.6 Å². The fourth-order valence-electron chi connectivity index (χ4n) is 0.748. The molecular formula is C7H11ClN2O2. The molecule has 5 heteroatoms. The van der Waals surface area contributed by atoms with Crippen molar-refractivity contribution in [2.75, 3.05) is 7.11 Å². The minimum atomic E-state index is 0. The Labute approximate surface area is 77.1 Å². The number of halogens is 1. The van der Waals surface area contributed by atoms with Crippen LogP contribution in [0.3, 0.4) is 0 Å². The zero-order valence-electron chi connectivity index (χ0n) is 6.69. The molecule has 1 heterocycles. The van der Waals surface area contributed by atoms with Crippen LogP contribution in [0.5, 0.6) is 5.88 Å². The van der Waals surface area contributed by atoms with Crippen LogP contribution >= 0.6 is 12.4 Å². The molecule has 68 valence electrons. The molecule has 0 spiro atoms. The SMILES string of the molecule is COc1cc(CON)ccn1.Cl. The highest BCUT2D eigenvalue weighted by molar-refractivity contribution is 5.85. The molecule has 0 aromatic carbocycles. The minimum Gasteiger partial charge on any atom is -0.481 e. The Balaban J connectivity index is 0.00000121. The van der Waals surface area contributed by atoms with E-state index in [2.05, 4.69) is 9.82 Å². The highest BCUT2D eigenvalue weighted by atomic mass is 35.5. The standard InChI is InChI=1S/C7H10N2O2.ClH/c1-10-7-4-6(5-11-8)2-3-9-7;/h2-4H,5,8H2,1H3;1H. The van der Waals surface area contributed by atoms with Crippen LogP contribution in [0.1, 0.15) is 5.56 Å². The van der Waals surface area contributed by atoms with Gasteiger partial charge in [-0.2, -0.15) is 0 Å². The van der Waals surface area contributed by atoms with E-state index >= 15 is 0 Å². The lowest BCUT2D eigenvalue weighted by Crippen LogP contribution is -1.99. The monoisotopic (exact) mass is 190 g/mol. The van der Waals surface area contributed by atoms with E-state index in [1.54, 1.807) is 19.4 Å². The van der Waals surface area contributed by atoms with E-state index in [0.717, 1.165) is 5.56 Å². The van der Waals surface area contributed by atoms with E-state index in [1.807, 2.05) is 6.07 Å². The zero-order valence-corrected chi connectivity index (χ0v) is 7.50. The third-order valence-corrected chi connectivity index (χ3v) is 1.26. The first-order chi connectivity index (χ1) is 5.36. The van der Waals surface area contributed by atoms with Gasteiger partial charge in [0.1, 0.15) is 0 Å². The van der Waals surface area contributed by atoms with Crippen molar-refractivity contribution in [3.8, 4) is 5.88 Å². The summed E-state index contributed by atoms with van der Waals surface area (Å²) in [7, 11) is 1.56. The Kier molecular flexibility index (Phi) is 5.36. The smallest absolute Gasteiger partial charge is 0.213 e. The van der Waals surface area contributed by atoms with Crippen LogP contribution in [0.15, 0.2) is 18.3 Å². The average Bonchev–Trinajstić information content (AvgIpc) is 2.06. The van der Waals surface area contributed by atoms with Gasteiger partial charge in [-0.1, -0.05) is 0 Å². The average molecular weight is 191 g/mol. The number of nitrogens with two attached hydrogens (primary N) is 1. The van der Waals surface area contributed by atoms with Crippen LogP contribution in [0.4, 0.5) is 0 Å². The molecule has 0 aliphatic rings. The summed E-state index contributed by atoms with van der Waals surface area (Å²) in [6.07, 6.45) is 1.65. The van der Waals surface area contributed by atoms with Crippen LogP contribution < -0.4 is 10.6 Å². The molecule has 1 aromatic heterocycles. The number of ether oxygens (including phenoxy) is 1. The first-order valence-electron chi connectivity index (χ1n) is 3.17. The predicted molar refractivity (Wildman–Crippen MR) is 47.0 cm³/mol. The van der Waals surface area contributed by atoms with E-state index in [-0.39, 0.29) is 12.4 Å². The zero-order chi connectivity index (χ0) is 8.10. The van der Waals surface area contributed by atoms with Crippen LogP contribution in [0, 0.1) is 0 Å². The Bertz CT molecular complexity index is 232. The molecule has 0 unspecified atom stereocenters. The second-order valence-corrected chi connectivity index (χ2v) is 2.02. The van der Waals surface area contributed by atoms with Crippen molar-refractivity contribution in [3.05, 3.63) is 23.9 Å². The number of nitrogens with zero attached hydrogens (tertiary/aromatic N) is 1. The van der Waals surface area contributed by atoms with Crippen LogP contribution in [0.2, 0.25) is 0 Å². The van der Waals surface area contributed by atoms with E-state index in [9.17, 15) is 0 Å². The quantitative estimate of drug-likeness (QED) is 0.720. The molecule has 0 aliphatic heterocycles. The molecule has 1 rings (SSSR count). The van der Waals surface area contributed by atoms with Gasteiger partial charge in [-0.05, 0) is 11.6 Å². The van der Waals surface area contributed by atoms with Crippen LogP contribution in [0.25, 0.3) is 0 Å². The summed E-state index contributed by atoms with van der Waals surface area (Å²) >= 11 is 0. The number of rotatable bonds is 3.